The van der Waals surface area contributed by atoms with Crippen molar-refractivity contribution in [3.63, 3.8) is 0 Å². The third-order valence-electron chi connectivity index (χ3n) is 2.75. The molecule has 0 amide bonds. The van der Waals surface area contributed by atoms with Gasteiger partial charge in [-0.25, -0.2) is 9.59 Å². The van der Waals surface area contributed by atoms with E-state index in [0.29, 0.717) is 12.8 Å². The van der Waals surface area contributed by atoms with Crippen LogP contribution < -0.4 is 0 Å². The van der Waals surface area contributed by atoms with Crippen LogP contribution >= 0.6 is 0 Å². The summed E-state index contributed by atoms with van der Waals surface area (Å²) < 4.78 is 0. The highest BCUT2D eigenvalue weighted by atomic mass is 16.7. The van der Waals surface area contributed by atoms with Crippen LogP contribution in [-0.2, 0) is 9.59 Å². The average molecular weight is 312 g/mol. The summed E-state index contributed by atoms with van der Waals surface area (Å²) in [6, 6.07) is 0. The minimum atomic E-state index is -2.48. The zero-order chi connectivity index (χ0) is 17.2. The van der Waals surface area contributed by atoms with Gasteiger partial charge in [0.1, 0.15) is 0 Å². The molecule has 0 heterocycles. The molecule has 126 valence electrons. The Labute approximate surface area is 122 Å². The minimum absolute atomic E-state index is 0.414. The van der Waals surface area contributed by atoms with Gasteiger partial charge in [-0.1, -0.05) is 26.7 Å². The van der Waals surface area contributed by atoms with Crippen LogP contribution in [0.5, 0.6) is 0 Å². The molecule has 3 atom stereocenters. The Kier molecular flexibility index (Phi) is 11.0. The molecule has 0 saturated heterocycles. The number of rotatable bonds is 8. The van der Waals surface area contributed by atoms with Crippen molar-refractivity contribution in [2.24, 2.45) is 5.92 Å². The monoisotopic (exact) mass is 312 g/mol. The molecule has 0 aromatic rings. The molecule has 0 aliphatic rings. The third kappa shape index (κ3) is 10.2. The van der Waals surface area contributed by atoms with E-state index in [2.05, 4.69) is 0 Å². The average Bonchev–Trinajstić information content (AvgIpc) is 2.36. The van der Waals surface area contributed by atoms with E-state index < -0.39 is 36.0 Å². The van der Waals surface area contributed by atoms with Crippen molar-refractivity contribution in [1.82, 2.24) is 0 Å². The number of carboxylic acid groups (broad SMARTS) is 2. The lowest BCUT2D eigenvalue weighted by atomic mass is 9.97. The topological polar surface area (TPSA) is 176 Å². The number of aliphatic hydroxyl groups excluding tert-OH is 2. The van der Waals surface area contributed by atoms with Gasteiger partial charge in [0.05, 0.1) is 0 Å². The fourth-order valence-electron chi connectivity index (χ4n) is 1.39. The van der Waals surface area contributed by atoms with Crippen LogP contribution in [0.1, 0.15) is 39.5 Å². The Morgan fingerprint density at radius 1 is 0.952 bits per heavy atom. The van der Waals surface area contributed by atoms with Crippen LogP contribution in [0, 0.1) is 5.92 Å². The Morgan fingerprint density at radius 3 is 1.52 bits per heavy atom. The van der Waals surface area contributed by atoms with E-state index in [1.54, 1.807) is 0 Å². The van der Waals surface area contributed by atoms with Crippen LogP contribution in [0.25, 0.3) is 0 Å². The lowest BCUT2D eigenvalue weighted by Gasteiger charge is -2.24. The van der Waals surface area contributed by atoms with Gasteiger partial charge in [-0.15, -0.1) is 0 Å². The van der Waals surface area contributed by atoms with Crippen LogP contribution in [-0.4, -0.2) is 65.9 Å². The molecule has 7 N–H and O–H groups in total. The van der Waals surface area contributed by atoms with Crippen molar-refractivity contribution in [3.8, 4) is 0 Å². The zero-order valence-corrected chi connectivity index (χ0v) is 12.0. The molecule has 0 fully saturated rings. The van der Waals surface area contributed by atoms with Gasteiger partial charge < -0.3 is 35.7 Å². The second-order valence-corrected chi connectivity index (χ2v) is 4.50. The van der Waals surface area contributed by atoms with Gasteiger partial charge in [-0.3, -0.25) is 0 Å². The summed E-state index contributed by atoms with van der Waals surface area (Å²) in [6.07, 6.45) is -1.36. The van der Waals surface area contributed by atoms with Crippen LogP contribution in [0.2, 0.25) is 0 Å². The quantitative estimate of drug-likeness (QED) is 0.269. The molecule has 0 aromatic carbocycles. The van der Waals surface area contributed by atoms with Crippen molar-refractivity contribution in [3.05, 3.63) is 0 Å². The number of carbonyl (C=O) groups is 2. The Morgan fingerprint density at radius 2 is 1.33 bits per heavy atom. The van der Waals surface area contributed by atoms with Gasteiger partial charge in [0.15, 0.2) is 12.2 Å². The summed E-state index contributed by atoms with van der Waals surface area (Å²) in [4.78, 5) is 19.5. The Bertz CT molecular complexity index is 292. The summed E-state index contributed by atoms with van der Waals surface area (Å²) in [5, 5.41) is 59.0. The summed E-state index contributed by atoms with van der Waals surface area (Å²) in [5.41, 5.74) is 0. The van der Waals surface area contributed by atoms with Crippen molar-refractivity contribution >= 4 is 11.9 Å². The second kappa shape index (κ2) is 10.5. The molecule has 0 saturated carbocycles. The highest BCUT2D eigenvalue weighted by Crippen LogP contribution is 2.21. The molecule has 0 bridgehead atoms. The molecule has 0 spiro atoms. The minimum Gasteiger partial charge on any atom is -0.479 e. The maximum Gasteiger partial charge on any atom is 0.335 e. The van der Waals surface area contributed by atoms with Crippen molar-refractivity contribution in [1.29, 1.82) is 0 Å². The van der Waals surface area contributed by atoms with Crippen molar-refractivity contribution < 1.29 is 45.3 Å². The van der Waals surface area contributed by atoms with Crippen LogP contribution in [0.4, 0.5) is 0 Å². The highest BCUT2D eigenvalue weighted by molar-refractivity contribution is 5.83. The molecule has 0 aliphatic carbocycles. The molecule has 0 aromatic heterocycles. The Balaban J connectivity index is 0. The van der Waals surface area contributed by atoms with Gasteiger partial charge in [-0.05, 0) is 12.8 Å². The number of unbranched alkanes of at least 4 members (excludes halogenated alkanes) is 1. The standard InChI is InChI=1S/C8H18O3.C4H6O6/c1-3-5-6-7(4-2)8(9,10)11;5-1(3(7)8)2(6)4(9)10/h7,9-11H,3-6H2,1-2H3;1-2,5-6H,(H,7,8)(H,9,10). The van der Waals surface area contributed by atoms with E-state index in [4.69, 9.17) is 35.7 Å². The first-order valence-electron chi connectivity index (χ1n) is 6.47. The summed E-state index contributed by atoms with van der Waals surface area (Å²) in [5.74, 6) is -6.43. The van der Waals surface area contributed by atoms with Gasteiger partial charge in [-0.2, -0.15) is 0 Å². The van der Waals surface area contributed by atoms with Gasteiger partial charge >= 0.3 is 11.9 Å². The maximum atomic E-state index is 9.77. The number of carboxylic acids is 2. The first kappa shape index (κ1) is 22.0. The first-order valence-corrected chi connectivity index (χ1v) is 6.47. The normalized spacial score (nSPS) is 15.4. The van der Waals surface area contributed by atoms with Gasteiger partial charge in [0.2, 0.25) is 0 Å². The molecular weight excluding hydrogens is 288 g/mol. The van der Waals surface area contributed by atoms with E-state index in [0.717, 1.165) is 12.8 Å². The first-order chi connectivity index (χ1) is 9.48. The lowest BCUT2D eigenvalue weighted by Crippen LogP contribution is -2.39. The zero-order valence-electron chi connectivity index (χ0n) is 12.0. The third-order valence-corrected chi connectivity index (χ3v) is 2.75. The van der Waals surface area contributed by atoms with Gasteiger partial charge in [0.25, 0.3) is 5.97 Å². The SMILES string of the molecule is CCCCC(CC)C(O)(O)O.O=C(O)C(O)C(O)C(=O)O. The van der Waals surface area contributed by atoms with E-state index >= 15 is 0 Å². The molecule has 9 heteroatoms. The van der Waals surface area contributed by atoms with E-state index in [-0.39, 0.29) is 0 Å². The maximum absolute atomic E-state index is 9.77. The predicted octanol–water partition coefficient (Wildman–Crippen LogP) is -1.29. The molecule has 0 radical (unpaired) electrons. The van der Waals surface area contributed by atoms with Crippen molar-refractivity contribution in [2.75, 3.05) is 0 Å². The van der Waals surface area contributed by atoms with E-state index in [9.17, 15) is 9.59 Å². The number of aliphatic carboxylic acids is 2. The molecular formula is C12H24O9. The van der Waals surface area contributed by atoms with Gasteiger partial charge in [0, 0.05) is 5.92 Å². The molecule has 0 aliphatic heterocycles. The van der Waals surface area contributed by atoms with Crippen molar-refractivity contribution in [2.45, 2.75) is 57.7 Å². The number of hydrogen-bond acceptors (Lipinski definition) is 7. The van der Waals surface area contributed by atoms with Crippen LogP contribution in [0.15, 0.2) is 0 Å². The number of hydrogen-bond donors (Lipinski definition) is 7. The molecule has 0 rings (SSSR count). The number of aliphatic hydroxyl groups is 5. The molecule has 21 heavy (non-hydrogen) atoms. The summed E-state index contributed by atoms with van der Waals surface area (Å²) >= 11 is 0. The summed E-state index contributed by atoms with van der Waals surface area (Å²) in [7, 11) is 0. The largest absolute Gasteiger partial charge is 0.479 e. The second-order valence-electron chi connectivity index (χ2n) is 4.50. The summed E-state index contributed by atoms with van der Waals surface area (Å²) in [6.45, 7) is 3.86. The smallest absolute Gasteiger partial charge is 0.335 e. The fourth-order valence-corrected chi connectivity index (χ4v) is 1.39. The van der Waals surface area contributed by atoms with E-state index in [1.165, 1.54) is 0 Å². The lowest BCUT2D eigenvalue weighted by molar-refractivity contribution is -0.343. The molecule has 3 unspecified atom stereocenters. The molecule has 9 nitrogen and oxygen atoms in total. The van der Waals surface area contributed by atoms with E-state index in [1.807, 2.05) is 13.8 Å². The predicted molar refractivity (Wildman–Crippen MR) is 70.0 cm³/mol. The van der Waals surface area contributed by atoms with Crippen LogP contribution in [0.3, 0.4) is 0 Å². The fraction of sp³-hybridized carbons (Fsp3) is 0.833. The Hall–Kier alpha value is -1.26. The highest BCUT2D eigenvalue weighted by Gasteiger charge is 2.30.